The van der Waals surface area contributed by atoms with Gasteiger partial charge in [-0.3, -0.25) is 0 Å². The lowest BCUT2D eigenvalue weighted by Crippen LogP contribution is -2.67. The molecule has 9 rings (SSSR count). The van der Waals surface area contributed by atoms with Crippen molar-refractivity contribution < 1.29 is 52.5 Å². The second-order valence-electron chi connectivity index (χ2n) is 16.4. The minimum absolute atomic E-state index is 0.131. The summed E-state index contributed by atoms with van der Waals surface area (Å²) in [6, 6.07) is 59.4. The van der Waals surface area contributed by atoms with E-state index in [1.807, 2.05) is 182 Å². The Morgan fingerprint density at radius 2 is 0.862 bits per heavy atom. The zero-order valence-corrected chi connectivity index (χ0v) is 36.2. The van der Waals surface area contributed by atoms with Gasteiger partial charge in [0.1, 0.15) is 48.8 Å². The molecule has 0 amide bonds. The van der Waals surface area contributed by atoms with Crippen LogP contribution in [0.25, 0.3) is 0 Å². The van der Waals surface area contributed by atoms with Gasteiger partial charge in [0, 0.05) is 5.56 Å². The lowest BCUT2D eigenvalue weighted by atomic mass is 9.95. The van der Waals surface area contributed by atoms with Gasteiger partial charge in [0.05, 0.1) is 46.2 Å². The van der Waals surface area contributed by atoms with Crippen molar-refractivity contribution in [2.75, 3.05) is 13.2 Å². The van der Waals surface area contributed by atoms with Crippen LogP contribution in [-0.4, -0.2) is 79.7 Å². The largest absolute Gasteiger partial charge is 0.374 e. The van der Waals surface area contributed by atoms with Gasteiger partial charge >= 0.3 is 0 Å². The van der Waals surface area contributed by atoms with Crippen molar-refractivity contribution in [1.29, 1.82) is 0 Å². The number of hydrogen-bond acceptors (Lipinski definition) is 11. The molecular weight excluding hydrogens is 825 g/mol. The average Bonchev–Trinajstić information content (AvgIpc) is 3.36. The fraction of sp³-hybridized carbons (Fsp3) is 0.333. The molecule has 0 aromatic heterocycles. The molecule has 6 aromatic rings. The summed E-state index contributed by atoms with van der Waals surface area (Å²) in [6.45, 7) is 1.60. The van der Waals surface area contributed by atoms with Crippen molar-refractivity contribution in [3.05, 3.63) is 215 Å². The third-order valence-electron chi connectivity index (χ3n) is 11.8. The van der Waals surface area contributed by atoms with Crippen LogP contribution in [0.3, 0.4) is 0 Å². The van der Waals surface area contributed by atoms with E-state index in [0.29, 0.717) is 6.61 Å². The lowest BCUT2D eigenvalue weighted by Gasteiger charge is -2.51. The van der Waals surface area contributed by atoms with E-state index in [2.05, 4.69) is 0 Å². The van der Waals surface area contributed by atoms with Crippen molar-refractivity contribution in [3.63, 3.8) is 0 Å². The van der Waals surface area contributed by atoms with Gasteiger partial charge in [0.15, 0.2) is 18.9 Å². The Balaban J connectivity index is 1.07. The predicted molar refractivity (Wildman–Crippen MR) is 241 cm³/mol. The molecule has 65 heavy (non-hydrogen) atoms. The Bertz CT molecular complexity index is 2260. The van der Waals surface area contributed by atoms with Gasteiger partial charge in [-0.2, -0.15) is 0 Å². The van der Waals surface area contributed by atoms with E-state index >= 15 is 0 Å². The number of benzene rings is 6. The molecular formula is C54H56O11. The fourth-order valence-electron chi connectivity index (χ4n) is 8.46. The molecule has 3 fully saturated rings. The van der Waals surface area contributed by atoms with E-state index < -0.39 is 67.7 Å². The number of ether oxygens (including phenoxy) is 10. The van der Waals surface area contributed by atoms with Crippen LogP contribution in [0, 0.1) is 0 Å². The average molecular weight is 881 g/mol. The highest BCUT2D eigenvalue weighted by Crippen LogP contribution is 2.39. The normalized spacial score (nSPS) is 27.7. The van der Waals surface area contributed by atoms with Crippen molar-refractivity contribution in [1.82, 2.24) is 0 Å². The summed E-state index contributed by atoms with van der Waals surface area (Å²) in [5, 5.41) is 12.0. The standard InChI is InChI=1S/C54H56O11/c55-52-50(49(59-34-41-25-13-4-14-26-41)47-45(62-52)37-61-53(64-47)43-29-17-6-18-30-43)65-54-51(60-35-42-27-15-5-16-28-42)48(58-33-40-23-11-3-12-24-40)46(57-32-39-21-9-2-10-22-39)44(63-54)36-56-31-38-19-7-1-8-20-38/h1-30,44-55H,31-37H2/t44-,45-,46-,47-,48+,49+,50-,51-,52+,53?,54-/m1/s1. The molecule has 3 aliphatic heterocycles. The summed E-state index contributed by atoms with van der Waals surface area (Å²) in [5.41, 5.74) is 5.70. The fourth-order valence-corrected chi connectivity index (χ4v) is 8.46. The number of aliphatic hydroxyl groups excluding tert-OH is 1. The summed E-state index contributed by atoms with van der Waals surface area (Å²) >= 11 is 0. The summed E-state index contributed by atoms with van der Waals surface area (Å²) < 4.78 is 67.1. The van der Waals surface area contributed by atoms with Crippen molar-refractivity contribution in [3.8, 4) is 0 Å². The highest BCUT2D eigenvalue weighted by Gasteiger charge is 2.55. The second-order valence-corrected chi connectivity index (χ2v) is 16.4. The quantitative estimate of drug-likeness (QED) is 0.0846. The molecule has 6 aromatic carbocycles. The maximum Gasteiger partial charge on any atom is 0.187 e. The molecule has 3 heterocycles. The van der Waals surface area contributed by atoms with Crippen molar-refractivity contribution in [2.24, 2.45) is 0 Å². The minimum Gasteiger partial charge on any atom is -0.374 e. The van der Waals surface area contributed by atoms with E-state index in [1.165, 1.54) is 0 Å². The van der Waals surface area contributed by atoms with Crippen LogP contribution in [0.2, 0.25) is 0 Å². The van der Waals surface area contributed by atoms with Crippen LogP contribution in [0.1, 0.15) is 39.7 Å². The number of rotatable bonds is 19. The Morgan fingerprint density at radius 3 is 1.37 bits per heavy atom. The van der Waals surface area contributed by atoms with Gasteiger partial charge in [0.25, 0.3) is 0 Å². The maximum absolute atomic E-state index is 12.0. The molecule has 338 valence electrons. The first-order chi connectivity index (χ1) is 32.1. The zero-order valence-electron chi connectivity index (χ0n) is 36.2. The molecule has 0 saturated carbocycles. The lowest BCUT2D eigenvalue weighted by molar-refractivity contribution is -0.397. The van der Waals surface area contributed by atoms with E-state index in [1.54, 1.807) is 0 Å². The van der Waals surface area contributed by atoms with Gasteiger partial charge in [-0.1, -0.05) is 182 Å². The van der Waals surface area contributed by atoms with Crippen molar-refractivity contribution >= 4 is 0 Å². The smallest absolute Gasteiger partial charge is 0.187 e. The third kappa shape index (κ3) is 12.0. The Labute approximate surface area is 380 Å². The molecule has 1 N–H and O–H groups in total. The van der Waals surface area contributed by atoms with E-state index in [-0.39, 0.29) is 39.6 Å². The number of aliphatic hydroxyl groups is 1. The maximum atomic E-state index is 12.0. The van der Waals surface area contributed by atoms with E-state index in [4.69, 9.17) is 47.4 Å². The second kappa shape index (κ2) is 22.9. The predicted octanol–water partition coefficient (Wildman–Crippen LogP) is 8.49. The molecule has 3 aliphatic rings. The highest BCUT2D eigenvalue weighted by molar-refractivity contribution is 5.19. The van der Waals surface area contributed by atoms with Crippen LogP contribution < -0.4 is 0 Å². The first kappa shape index (κ1) is 45.1. The third-order valence-corrected chi connectivity index (χ3v) is 11.8. The number of hydrogen-bond donors (Lipinski definition) is 1. The first-order valence-corrected chi connectivity index (χ1v) is 22.3. The van der Waals surface area contributed by atoms with Gasteiger partial charge < -0.3 is 52.5 Å². The number of fused-ring (bicyclic) bond motifs is 1. The molecule has 0 aliphatic carbocycles. The Kier molecular flexibility index (Phi) is 15.8. The highest BCUT2D eigenvalue weighted by atomic mass is 16.8. The molecule has 11 heteroatoms. The molecule has 0 radical (unpaired) electrons. The van der Waals surface area contributed by atoms with Gasteiger partial charge in [-0.25, -0.2) is 0 Å². The van der Waals surface area contributed by atoms with Crippen molar-refractivity contribution in [2.45, 2.75) is 101 Å². The Hall–Kier alpha value is -5.12. The van der Waals surface area contributed by atoms with E-state index in [9.17, 15) is 5.11 Å². The van der Waals surface area contributed by atoms with Crippen LogP contribution in [-0.2, 0) is 80.4 Å². The van der Waals surface area contributed by atoms with Crippen LogP contribution in [0.15, 0.2) is 182 Å². The summed E-state index contributed by atoms with van der Waals surface area (Å²) in [5.74, 6) is 0. The summed E-state index contributed by atoms with van der Waals surface area (Å²) in [6.07, 6.45) is -9.68. The topological polar surface area (TPSA) is 113 Å². The molecule has 11 atom stereocenters. The van der Waals surface area contributed by atoms with Gasteiger partial charge in [-0.15, -0.1) is 0 Å². The molecule has 3 saturated heterocycles. The first-order valence-electron chi connectivity index (χ1n) is 22.3. The SMILES string of the molecule is O[C@H]1O[C@@H]2COC(c3ccccc3)O[C@H]2[C@H](OCc2ccccc2)[C@H]1O[C@H]1O[C@H](COCc2ccccc2)[C@@H](OCc2ccccc2)[C@H](OCc2ccccc2)[C@H]1OCc1ccccc1. The van der Waals surface area contributed by atoms with Crippen LogP contribution >= 0.6 is 0 Å². The minimum atomic E-state index is -1.46. The Morgan fingerprint density at radius 1 is 0.431 bits per heavy atom. The zero-order chi connectivity index (χ0) is 44.0. The van der Waals surface area contributed by atoms with E-state index in [0.717, 1.165) is 33.4 Å². The summed E-state index contributed by atoms with van der Waals surface area (Å²) in [7, 11) is 0. The summed E-state index contributed by atoms with van der Waals surface area (Å²) in [4.78, 5) is 0. The molecule has 0 spiro atoms. The van der Waals surface area contributed by atoms with Crippen LogP contribution in [0.4, 0.5) is 0 Å². The van der Waals surface area contributed by atoms with Gasteiger partial charge in [0.2, 0.25) is 0 Å². The molecule has 11 nitrogen and oxygen atoms in total. The molecule has 0 bridgehead atoms. The monoisotopic (exact) mass is 880 g/mol. The van der Waals surface area contributed by atoms with Gasteiger partial charge in [-0.05, 0) is 27.8 Å². The molecule has 1 unspecified atom stereocenters. The van der Waals surface area contributed by atoms with Crippen LogP contribution in [0.5, 0.6) is 0 Å².